The monoisotopic (exact) mass is 948 g/mol. The zero-order chi connectivity index (χ0) is 48.6. The summed E-state index contributed by atoms with van der Waals surface area (Å²) in [7, 11) is 0. The van der Waals surface area contributed by atoms with Gasteiger partial charge in [-0.3, -0.25) is 9.59 Å². The van der Waals surface area contributed by atoms with Crippen molar-refractivity contribution in [3.63, 3.8) is 0 Å². The molecule has 0 aliphatic carbocycles. The number of hydrogen-bond acceptors (Lipinski definition) is 15. The Hall–Kier alpha value is -1.80. The Kier molecular flexibility index (Phi) is 33.1. The van der Waals surface area contributed by atoms with E-state index in [1.54, 1.807) is 6.08 Å². The van der Waals surface area contributed by atoms with Crippen molar-refractivity contribution in [1.29, 1.82) is 0 Å². The van der Waals surface area contributed by atoms with Gasteiger partial charge in [0.1, 0.15) is 36.6 Å². The van der Waals surface area contributed by atoms with Crippen LogP contribution >= 0.6 is 0 Å². The molecule has 2 aliphatic heterocycles. The van der Waals surface area contributed by atoms with E-state index in [1.165, 1.54) is 116 Å². The van der Waals surface area contributed by atoms with Crippen molar-refractivity contribution in [3.8, 4) is 0 Å². The minimum Gasteiger partial charge on any atom is -0.410 e. The maximum atomic E-state index is 13.3. The zero-order valence-corrected chi connectivity index (χ0v) is 40.8. The van der Waals surface area contributed by atoms with Crippen LogP contribution in [0, 0.1) is 5.92 Å². The highest BCUT2D eigenvalue weighted by Crippen LogP contribution is 2.39. The summed E-state index contributed by atoms with van der Waals surface area (Å²) in [4.78, 5) is 25.0. The quantitative estimate of drug-likeness (QED) is 0.0154. The summed E-state index contributed by atoms with van der Waals surface area (Å²) in [5.74, 6) is -3.67. The van der Waals surface area contributed by atoms with E-state index in [1.807, 2.05) is 6.08 Å². The third-order valence-corrected chi connectivity index (χ3v) is 13.2. The van der Waals surface area contributed by atoms with Crippen LogP contribution in [-0.2, 0) is 33.3 Å². The van der Waals surface area contributed by atoms with Crippen molar-refractivity contribution < 1.29 is 74.1 Å². The Morgan fingerprint density at radius 2 is 1.27 bits per heavy atom. The molecule has 16 heteroatoms. The lowest BCUT2D eigenvalue weighted by molar-refractivity contribution is -0.446. The van der Waals surface area contributed by atoms with Gasteiger partial charge in [0.25, 0.3) is 6.47 Å². The Morgan fingerprint density at radius 3 is 1.77 bits per heavy atom. The van der Waals surface area contributed by atoms with Gasteiger partial charge in [0.15, 0.2) is 6.29 Å². The van der Waals surface area contributed by atoms with Gasteiger partial charge >= 0.3 is 5.97 Å². The molecule has 13 atom stereocenters. The fourth-order valence-corrected chi connectivity index (χ4v) is 8.82. The molecule has 0 aromatic carbocycles. The van der Waals surface area contributed by atoms with Crippen molar-refractivity contribution in [2.75, 3.05) is 19.8 Å². The first-order valence-electron chi connectivity index (χ1n) is 25.9. The molecule has 66 heavy (non-hydrogen) atoms. The third-order valence-electron chi connectivity index (χ3n) is 13.2. The minimum absolute atomic E-state index is 0.0539. The summed E-state index contributed by atoms with van der Waals surface area (Å²) in [5, 5.41) is 88.4. The molecule has 2 saturated heterocycles. The fraction of sp³-hybridized carbons (Fsp3) is 0.920. The number of hydrogen-bond donors (Lipinski definition) is 9. The molecular formula is C50H93NO15. The Balaban J connectivity index is 2.07. The molecule has 2 heterocycles. The predicted molar refractivity (Wildman–Crippen MR) is 251 cm³/mol. The second kappa shape index (κ2) is 36.2. The van der Waals surface area contributed by atoms with Crippen LogP contribution in [0.5, 0.6) is 0 Å². The number of carbonyl (C=O) groups excluding carboxylic acids is 2. The van der Waals surface area contributed by atoms with E-state index in [2.05, 4.69) is 19.2 Å². The van der Waals surface area contributed by atoms with E-state index < -0.39 is 98.8 Å². The van der Waals surface area contributed by atoms with Gasteiger partial charge in [0, 0.05) is 12.3 Å². The van der Waals surface area contributed by atoms with Gasteiger partial charge in [-0.15, -0.1) is 0 Å². The van der Waals surface area contributed by atoms with Gasteiger partial charge < -0.3 is 69.9 Å². The number of carbonyl (C=O) groups is 2. The molecule has 0 saturated carbocycles. The molecule has 0 radical (unpaired) electrons. The highest BCUT2D eigenvalue weighted by molar-refractivity contribution is 5.76. The number of rotatable bonds is 40. The average Bonchev–Trinajstić information content (AvgIpc) is 3.30. The SMILES string of the molecule is CCCCCCCCCCCCC/C=C/[C@@H](O)[C@H](CO[C@@H]1OC(CO)[C@H](O)[C@H](O[C@]2(OC=O)C[C@@H](O)[C@@H](C)C([C@H](O)[C@H](O)CO)O2)C1O)NC(=O)CCCCCCCCCCCCCCC. The Bertz CT molecular complexity index is 1250. The van der Waals surface area contributed by atoms with Crippen LogP contribution in [0.1, 0.15) is 194 Å². The van der Waals surface area contributed by atoms with E-state index in [-0.39, 0.29) is 25.4 Å². The summed E-state index contributed by atoms with van der Waals surface area (Å²) in [6.07, 6.45) is 16.7. The van der Waals surface area contributed by atoms with Gasteiger partial charge in [-0.05, 0) is 19.3 Å². The summed E-state index contributed by atoms with van der Waals surface area (Å²) < 4.78 is 28.6. The van der Waals surface area contributed by atoms with Crippen molar-refractivity contribution in [2.24, 2.45) is 5.92 Å². The molecule has 2 fully saturated rings. The largest absolute Gasteiger partial charge is 0.410 e. The maximum absolute atomic E-state index is 13.3. The van der Waals surface area contributed by atoms with Gasteiger partial charge in [-0.2, -0.15) is 0 Å². The summed E-state index contributed by atoms with van der Waals surface area (Å²) >= 11 is 0. The van der Waals surface area contributed by atoms with E-state index in [0.29, 0.717) is 6.42 Å². The smallest absolute Gasteiger partial charge is 0.332 e. The van der Waals surface area contributed by atoms with Crippen LogP contribution in [0.25, 0.3) is 0 Å². The number of amides is 1. The molecule has 3 unspecified atom stereocenters. The summed E-state index contributed by atoms with van der Waals surface area (Å²) in [6.45, 7) is 3.90. The summed E-state index contributed by atoms with van der Waals surface area (Å²) in [6, 6.07) is -0.981. The Morgan fingerprint density at radius 1 is 0.758 bits per heavy atom. The number of aliphatic hydroxyl groups is 8. The van der Waals surface area contributed by atoms with E-state index in [9.17, 15) is 50.4 Å². The molecule has 1 amide bonds. The molecule has 0 spiro atoms. The highest BCUT2D eigenvalue weighted by Gasteiger charge is 2.56. The molecule has 0 bridgehead atoms. The molecule has 2 rings (SSSR count). The van der Waals surface area contributed by atoms with E-state index >= 15 is 0 Å². The maximum Gasteiger partial charge on any atom is 0.332 e. The lowest BCUT2D eigenvalue weighted by Crippen LogP contribution is -2.66. The standard InChI is InChI=1S/C50H93NO15/c1-4-6-8-10-12-14-16-18-20-22-24-26-28-30-39(55)38(51-43(58)31-29-27-25-23-21-19-17-15-13-11-9-7-5-2)35-62-49-46(61)48(45(60)42(34-53)64-49)66-50(63-36-54)32-40(56)37(3)47(65-50)44(59)41(57)33-52/h28,30,36-42,44-49,52-53,55-57,59-61H,4-27,29,31-35H2,1-3H3,(H,51,58)/b30-28+/t37-,38+,39-,40-,41-,42?,44-,45+,46?,47?,48+,49-,50+/m1/s1. The first-order valence-corrected chi connectivity index (χ1v) is 25.9. The number of allylic oxidation sites excluding steroid dienone is 1. The number of unbranched alkanes of at least 4 members (excludes halogenated alkanes) is 23. The number of ether oxygens (including phenoxy) is 5. The first-order chi connectivity index (χ1) is 31.9. The average molecular weight is 948 g/mol. The van der Waals surface area contributed by atoms with Crippen LogP contribution in [0.3, 0.4) is 0 Å². The van der Waals surface area contributed by atoms with Crippen LogP contribution in [0.4, 0.5) is 0 Å². The van der Waals surface area contributed by atoms with E-state index in [4.69, 9.17) is 23.7 Å². The molecule has 0 aromatic heterocycles. The van der Waals surface area contributed by atoms with Crippen LogP contribution in [0.15, 0.2) is 12.2 Å². The zero-order valence-electron chi connectivity index (χ0n) is 40.8. The van der Waals surface area contributed by atoms with Crippen molar-refractivity contribution in [1.82, 2.24) is 5.32 Å². The first kappa shape index (κ1) is 60.3. The van der Waals surface area contributed by atoms with Crippen LogP contribution in [0.2, 0.25) is 0 Å². The van der Waals surface area contributed by atoms with Crippen molar-refractivity contribution in [3.05, 3.63) is 12.2 Å². The second-order valence-corrected chi connectivity index (χ2v) is 18.9. The normalized spacial score (nSPS) is 27.7. The number of nitrogens with one attached hydrogen (secondary N) is 1. The lowest BCUT2D eigenvalue weighted by Gasteiger charge is -2.49. The third kappa shape index (κ3) is 23.2. The second-order valence-electron chi connectivity index (χ2n) is 18.9. The van der Waals surface area contributed by atoms with Gasteiger partial charge in [-0.25, -0.2) is 0 Å². The molecule has 16 nitrogen and oxygen atoms in total. The topological polar surface area (TPSA) is 254 Å². The molecule has 388 valence electrons. The van der Waals surface area contributed by atoms with Gasteiger partial charge in [0.05, 0.1) is 50.6 Å². The van der Waals surface area contributed by atoms with Crippen molar-refractivity contribution in [2.45, 2.75) is 267 Å². The Labute approximate surface area is 396 Å². The summed E-state index contributed by atoms with van der Waals surface area (Å²) in [5.41, 5.74) is 0. The molecular weight excluding hydrogens is 855 g/mol. The van der Waals surface area contributed by atoms with Crippen molar-refractivity contribution >= 4 is 12.4 Å². The minimum atomic E-state index is -2.53. The lowest BCUT2D eigenvalue weighted by atomic mass is 9.87. The highest BCUT2D eigenvalue weighted by atomic mass is 16.9. The molecule has 9 N–H and O–H groups in total. The molecule has 2 aliphatic rings. The van der Waals surface area contributed by atoms with Gasteiger partial charge in [0.2, 0.25) is 5.91 Å². The number of aliphatic hydroxyl groups excluding tert-OH is 8. The van der Waals surface area contributed by atoms with E-state index in [0.717, 1.165) is 44.9 Å². The van der Waals surface area contributed by atoms with Gasteiger partial charge in [-0.1, -0.05) is 174 Å². The predicted octanol–water partition coefficient (Wildman–Crippen LogP) is 5.74. The van der Waals surface area contributed by atoms with Crippen LogP contribution in [-0.4, -0.2) is 146 Å². The van der Waals surface area contributed by atoms with Crippen LogP contribution < -0.4 is 5.32 Å². The fourth-order valence-electron chi connectivity index (χ4n) is 8.82. The molecule has 0 aromatic rings.